The van der Waals surface area contributed by atoms with Gasteiger partial charge in [-0.25, -0.2) is 9.59 Å². The highest BCUT2D eigenvalue weighted by Crippen LogP contribution is 2.25. The number of hydrogen-bond donors (Lipinski definition) is 0. The number of amides is 1. The van der Waals surface area contributed by atoms with Crippen LogP contribution in [0, 0.1) is 0 Å². The Labute approximate surface area is 101 Å². The molecule has 0 saturated carbocycles. The number of nitrogens with zero attached hydrogens (tertiary/aromatic N) is 1. The molecule has 0 heterocycles. The van der Waals surface area contributed by atoms with Gasteiger partial charge in [0.15, 0.2) is 0 Å². The second kappa shape index (κ2) is 9.34. The van der Waals surface area contributed by atoms with Gasteiger partial charge < -0.3 is 14.2 Å². The lowest BCUT2D eigenvalue weighted by Crippen LogP contribution is -2.05. The zero-order valence-electron chi connectivity index (χ0n) is 9.22. The van der Waals surface area contributed by atoms with Gasteiger partial charge in [-0.2, -0.15) is 0 Å². The second-order valence-corrected chi connectivity index (χ2v) is 4.15. The maximum absolute atomic E-state index is 11.0. The molecule has 0 aromatic rings. The molecule has 0 atom stereocenters. The Bertz CT molecular complexity index is 269. The third-order valence-corrected chi connectivity index (χ3v) is 2.89. The fourth-order valence-corrected chi connectivity index (χ4v) is 1.90. The lowest BCUT2D eigenvalue weighted by atomic mass is 10.9. The van der Waals surface area contributed by atoms with Crippen LogP contribution in [0.1, 0.15) is 13.8 Å². The molecular formula is C8H13NO5S2. The van der Waals surface area contributed by atoms with Crippen molar-refractivity contribution in [3.05, 3.63) is 0 Å². The lowest BCUT2D eigenvalue weighted by molar-refractivity contribution is 0.162. The van der Waals surface area contributed by atoms with Crippen LogP contribution in [-0.4, -0.2) is 36.9 Å². The van der Waals surface area contributed by atoms with Crippen LogP contribution in [0.3, 0.4) is 0 Å². The van der Waals surface area contributed by atoms with Crippen molar-refractivity contribution >= 4 is 38.2 Å². The minimum Gasteiger partial charge on any atom is -0.472 e. The molecule has 0 aromatic carbocycles. The Hall–Kier alpha value is -0.890. The van der Waals surface area contributed by atoms with Crippen molar-refractivity contribution in [2.24, 2.45) is 4.99 Å². The standard InChI is InChI=1S/C8H13NO5S2/c1-4-13-6(10)9-7(14-5-2)15-16-8(11)12-3/h4-5H2,1-3H3/b9-7+. The Morgan fingerprint density at radius 3 is 2.25 bits per heavy atom. The van der Waals surface area contributed by atoms with E-state index in [1.54, 1.807) is 13.8 Å². The number of aliphatic imine (C=N–C) groups is 1. The van der Waals surface area contributed by atoms with Crippen LogP contribution in [0.5, 0.6) is 0 Å². The van der Waals surface area contributed by atoms with Crippen molar-refractivity contribution < 1.29 is 23.8 Å². The molecule has 0 aliphatic heterocycles. The van der Waals surface area contributed by atoms with E-state index >= 15 is 0 Å². The molecule has 0 rings (SSSR count). The molecule has 0 radical (unpaired) electrons. The summed E-state index contributed by atoms with van der Waals surface area (Å²) >= 11 is 0. The molecule has 92 valence electrons. The van der Waals surface area contributed by atoms with Gasteiger partial charge in [0.25, 0.3) is 5.23 Å². The van der Waals surface area contributed by atoms with Gasteiger partial charge in [-0.1, -0.05) is 0 Å². The zero-order valence-corrected chi connectivity index (χ0v) is 10.9. The summed E-state index contributed by atoms with van der Waals surface area (Å²) in [5.41, 5.74) is 0. The number of carbonyl (C=O) groups is 2. The van der Waals surface area contributed by atoms with Crippen LogP contribution in [0.15, 0.2) is 4.99 Å². The summed E-state index contributed by atoms with van der Waals surface area (Å²) in [6.07, 6.45) is -0.746. The molecule has 6 nitrogen and oxygen atoms in total. The summed E-state index contributed by atoms with van der Waals surface area (Å²) in [5.74, 6) is 0. The predicted molar refractivity (Wildman–Crippen MR) is 63.7 cm³/mol. The van der Waals surface area contributed by atoms with Gasteiger partial charge in [-0.15, -0.1) is 4.99 Å². The van der Waals surface area contributed by atoms with Gasteiger partial charge in [-0.3, -0.25) is 0 Å². The minimum absolute atomic E-state index is 0.0661. The number of carbonyl (C=O) groups excluding carboxylic acids is 2. The molecular weight excluding hydrogens is 254 g/mol. The third kappa shape index (κ3) is 7.41. The average molecular weight is 267 g/mol. The first kappa shape index (κ1) is 15.1. The maximum Gasteiger partial charge on any atom is 0.437 e. The van der Waals surface area contributed by atoms with Crippen molar-refractivity contribution in [1.82, 2.24) is 0 Å². The number of ether oxygens (including phenoxy) is 3. The summed E-state index contributed by atoms with van der Waals surface area (Å²) in [6.45, 7) is 3.98. The third-order valence-electron chi connectivity index (χ3n) is 1.07. The average Bonchev–Trinajstić information content (AvgIpc) is 2.26. The number of rotatable bonds is 2. The number of hydrogen-bond acceptors (Lipinski definition) is 7. The van der Waals surface area contributed by atoms with Gasteiger partial charge in [0.05, 0.1) is 20.3 Å². The van der Waals surface area contributed by atoms with Crippen molar-refractivity contribution in [2.45, 2.75) is 13.8 Å². The second-order valence-electron chi connectivity index (χ2n) is 2.13. The fourth-order valence-electron chi connectivity index (χ4n) is 0.532. The summed E-state index contributed by atoms with van der Waals surface area (Å²) in [6, 6.07) is 0. The van der Waals surface area contributed by atoms with Gasteiger partial charge in [-0.05, 0) is 13.8 Å². The molecule has 0 bridgehead atoms. The SMILES string of the molecule is CCOC(=O)/N=C(\OCC)SSC(=O)OC. The molecule has 0 spiro atoms. The Balaban J connectivity index is 4.24. The summed E-state index contributed by atoms with van der Waals surface area (Å²) < 4.78 is 14.1. The van der Waals surface area contributed by atoms with Gasteiger partial charge in [0.2, 0.25) is 0 Å². The number of methoxy groups -OCH3 is 1. The highest BCUT2D eigenvalue weighted by atomic mass is 33.1. The fraction of sp³-hybridized carbons (Fsp3) is 0.625. The Kier molecular flexibility index (Phi) is 8.82. The molecule has 0 aromatic heterocycles. The molecule has 0 unspecified atom stereocenters. The van der Waals surface area contributed by atoms with Crippen molar-refractivity contribution in [2.75, 3.05) is 20.3 Å². The Morgan fingerprint density at radius 2 is 1.75 bits per heavy atom. The maximum atomic E-state index is 11.0. The van der Waals surface area contributed by atoms with E-state index in [4.69, 9.17) is 4.74 Å². The smallest absolute Gasteiger partial charge is 0.437 e. The van der Waals surface area contributed by atoms with Crippen LogP contribution in [-0.2, 0) is 14.2 Å². The predicted octanol–water partition coefficient (Wildman–Crippen LogP) is 2.68. The van der Waals surface area contributed by atoms with E-state index in [-0.39, 0.29) is 11.8 Å². The molecule has 8 heteroatoms. The van der Waals surface area contributed by atoms with E-state index in [2.05, 4.69) is 14.5 Å². The van der Waals surface area contributed by atoms with Gasteiger partial charge in [0, 0.05) is 21.6 Å². The first-order valence-electron chi connectivity index (χ1n) is 4.44. The highest BCUT2D eigenvalue weighted by molar-refractivity contribution is 8.87. The van der Waals surface area contributed by atoms with Crippen LogP contribution in [0.25, 0.3) is 0 Å². The van der Waals surface area contributed by atoms with E-state index in [1.807, 2.05) is 0 Å². The summed E-state index contributed by atoms with van der Waals surface area (Å²) in [7, 11) is 2.94. The molecule has 1 amide bonds. The summed E-state index contributed by atoms with van der Waals surface area (Å²) in [5, 5.41) is -0.433. The molecule has 0 aliphatic carbocycles. The van der Waals surface area contributed by atoms with Crippen LogP contribution in [0.2, 0.25) is 0 Å². The molecule has 0 aliphatic rings. The molecule has 16 heavy (non-hydrogen) atoms. The quantitative estimate of drug-likeness (QED) is 0.329. The lowest BCUT2D eigenvalue weighted by Gasteiger charge is -2.04. The normalized spacial score (nSPS) is 10.8. The monoisotopic (exact) mass is 267 g/mol. The van der Waals surface area contributed by atoms with Crippen LogP contribution < -0.4 is 0 Å². The first-order chi connectivity index (χ1) is 7.63. The summed E-state index contributed by atoms with van der Waals surface area (Å²) in [4.78, 5) is 25.4. The van der Waals surface area contributed by atoms with E-state index in [9.17, 15) is 9.59 Å². The van der Waals surface area contributed by atoms with Gasteiger partial charge >= 0.3 is 11.4 Å². The van der Waals surface area contributed by atoms with Crippen molar-refractivity contribution in [1.29, 1.82) is 0 Å². The van der Waals surface area contributed by atoms with Crippen molar-refractivity contribution in [3.63, 3.8) is 0 Å². The van der Waals surface area contributed by atoms with E-state index < -0.39 is 11.4 Å². The van der Waals surface area contributed by atoms with Crippen LogP contribution in [0.4, 0.5) is 9.59 Å². The van der Waals surface area contributed by atoms with Crippen molar-refractivity contribution in [3.8, 4) is 0 Å². The van der Waals surface area contributed by atoms with Gasteiger partial charge in [0.1, 0.15) is 0 Å². The molecule has 0 fully saturated rings. The molecule has 0 saturated heterocycles. The van der Waals surface area contributed by atoms with E-state index in [0.29, 0.717) is 6.61 Å². The topological polar surface area (TPSA) is 74.2 Å². The Morgan fingerprint density at radius 1 is 1.12 bits per heavy atom. The highest BCUT2D eigenvalue weighted by Gasteiger charge is 2.10. The first-order valence-corrected chi connectivity index (χ1v) is 6.59. The zero-order chi connectivity index (χ0) is 12.4. The minimum atomic E-state index is -0.746. The van der Waals surface area contributed by atoms with E-state index in [0.717, 1.165) is 21.6 Å². The molecule has 0 N–H and O–H groups in total. The largest absolute Gasteiger partial charge is 0.472 e. The van der Waals surface area contributed by atoms with Crippen LogP contribution >= 0.6 is 21.6 Å². The van der Waals surface area contributed by atoms with E-state index in [1.165, 1.54) is 7.11 Å².